The molecule has 0 fully saturated rings. The van der Waals surface area contributed by atoms with Gasteiger partial charge in [-0.05, 0) is 48.2 Å². The molecule has 3 rings (SSSR count). The lowest BCUT2D eigenvalue weighted by molar-refractivity contribution is -0.121. The Kier molecular flexibility index (Phi) is 6.25. The Bertz CT molecular complexity index is 755. The van der Waals surface area contributed by atoms with Crippen LogP contribution >= 0.6 is 11.8 Å². The fraction of sp³-hybridized carbons (Fsp3) is 0.409. The summed E-state index contributed by atoms with van der Waals surface area (Å²) in [7, 11) is 0. The maximum absolute atomic E-state index is 12.3. The summed E-state index contributed by atoms with van der Waals surface area (Å²) in [5.74, 6) is 1.08. The molecule has 2 aromatic rings. The molecule has 0 radical (unpaired) electrons. The second-order valence-corrected chi connectivity index (χ2v) is 8.85. The van der Waals surface area contributed by atoms with Gasteiger partial charge in [0.15, 0.2) is 0 Å². The molecule has 1 heterocycles. The second kappa shape index (κ2) is 8.63. The van der Waals surface area contributed by atoms with Crippen LogP contribution in [-0.2, 0) is 24.1 Å². The summed E-state index contributed by atoms with van der Waals surface area (Å²) in [6.45, 7) is 7.20. The third-order valence-corrected chi connectivity index (χ3v) is 5.38. The molecule has 1 amide bonds. The van der Waals surface area contributed by atoms with Gasteiger partial charge in [0, 0.05) is 22.6 Å². The summed E-state index contributed by atoms with van der Waals surface area (Å²) >= 11 is 1.84. The normalized spacial score (nSPS) is 14.0. The summed E-state index contributed by atoms with van der Waals surface area (Å²) in [4.78, 5) is 13.6. The molecule has 0 saturated carbocycles. The van der Waals surface area contributed by atoms with E-state index in [1.54, 1.807) is 0 Å². The zero-order valence-electron chi connectivity index (χ0n) is 15.7. The number of nitrogens with one attached hydrogen (secondary N) is 1. The fourth-order valence-corrected chi connectivity index (χ4v) is 4.08. The van der Waals surface area contributed by atoms with E-state index in [0.29, 0.717) is 11.7 Å². The molecule has 1 aliphatic rings. The van der Waals surface area contributed by atoms with Gasteiger partial charge in [0.05, 0.1) is 13.0 Å². The van der Waals surface area contributed by atoms with E-state index in [9.17, 15) is 4.79 Å². The van der Waals surface area contributed by atoms with E-state index in [4.69, 9.17) is 4.74 Å². The zero-order valence-corrected chi connectivity index (χ0v) is 16.6. The second-order valence-electron chi connectivity index (χ2n) is 7.20. The first kappa shape index (κ1) is 18.8. The van der Waals surface area contributed by atoms with Gasteiger partial charge >= 0.3 is 0 Å². The monoisotopic (exact) mass is 369 g/mol. The van der Waals surface area contributed by atoms with E-state index in [1.807, 2.05) is 17.8 Å². The van der Waals surface area contributed by atoms with Gasteiger partial charge in [-0.1, -0.05) is 38.1 Å². The van der Waals surface area contributed by atoms with Crippen LogP contribution in [0.2, 0.25) is 0 Å². The van der Waals surface area contributed by atoms with Crippen LogP contribution < -0.4 is 10.1 Å². The first-order valence-electron chi connectivity index (χ1n) is 9.29. The third-order valence-electron chi connectivity index (χ3n) is 4.36. The Morgan fingerprint density at radius 3 is 2.58 bits per heavy atom. The standard InChI is InChI=1S/C22H27NO2S/c1-15(2)26-20-7-4-17(5-8-20)14-22(24)23-16(3)12-18-6-9-21-19(13-18)10-11-25-21/h4-9,13,15-16H,10-12,14H2,1-3H3,(H,23,24). The minimum absolute atomic E-state index is 0.0752. The first-order chi connectivity index (χ1) is 12.5. The lowest BCUT2D eigenvalue weighted by Crippen LogP contribution is -2.35. The lowest BCUT2D eigenvalue weighted by atomic mass is 10.0. The van der Waals surface area contributed by atoms with Crippen LogP contribution in [0.5, 0.6) is 5.75 Å². The maximum atomic E-state index is 12.3. The molecule has 26 heavy (non-hydrogen) atoms. The number of amides is 1. The predicted molar refractivity (Wildman–Crippen MR) is 108 cm³/mol. The Balaban J connectivity index is 1.49. The number of ether oxygens (including phenoxy) is 1. The molecule has 0 aliphatic carbocycles. The number of thioether (sulfide) groups is 1. The molecule has 138 valence electrons. The summed E-state index contributed by atoms with van der Waals surface area (Å²) in [5, 5.41) is 3.68. The summed E-state index contributed by atoms with van der Waals surface area (Å²) in [6, 6.07) is 14.8. The smallest absolute Gasteiger partial charge is 0.224 e. The van der Waals surface area contributed by atoms with Gasteiger partial charge in [-0.15, -0.1) is 11.8 Å². The molecular weight excluding hydrogens is 342 g/mol. The van der Waals surface area contributed by atoms with Crippen LogP contribution in [0.15, 0.2) is 47.4 Å². The number of hydrogen-bond acceptors (Lipinski definition) is 3. The van der Waals surface area contributed by atoms with Crippen molar-refractivity contribution in [2.75, 3.05) is 6.61 Å². The number of carbonyl (C=O) groups is 1. The zero-order chi connectivity index (χ0) is 18.5. The molecule has 0 bridgehead atoms. The van der Waals surface area contributed by atoms with Crippen molar-refractivity contribution >= 4 is 17.7 Å². The third kappa shape index (κ3) is 5.28. The van der Waals surface area contributed by atoms with Gasteiger partial charge in [-0.3, -0.25) is 4.79 Å². The molecule has 1 unspecified atom stereocenters. The highest BCUT2D eigenvalue weighted by molar-refractivity contribution is 7.99. The van der Waals surface area contributed by atoms with Gasteiger partial charge in [0.25, 0.3) is 0 Å². The molecule has 1 aliphatic heterocycles. The van der Waals surface area contributed by atoms with E-state index in [-0.39, 0.29) is 11.9 Å². The Hall–Kier alpha value is -1.94. The first-order valence-corrected chi connectivity index (χ1v) is 10.2. The molecule has 0 aromatic heterocycles. The van der Waals surface area contributed by atoms with Crippen molar-refractivity contribution in [1.29, 1.82) is 0 Å². The van der Waals surface area contributed by atoms with Crippen molar-refractivity contribution in [2.24, 2.45) is 0 Å². The molecule has 2 aromatic carbocycles. The number of rotatable bonds is 7. The van der Waals surface area contributed by atoms with E-state index < -0.39 is 0 Å². The Morgan fingerprint density at radius 1 is 1.12 bits per heavy atom. The van der Waals surface area contributed by atoms with E-state index in [2.05, 4.69) is 62.5 Å². The highest BCUT2D eigenvalue weighted by Crippen LogP contribution is 2.26. The van der Waals surface area contributed by atoms with E-state index in [1.165, 1.54) is 16.0 Å². The molecule has 4 heteroatoms. The quantitative estimate of drug-likeness (QED) is 0.735. The molecule has 1 N–H and O–H groups in total. The Morgan fingerprint density at radius 2 is 1.85 bits per heavy atom. The minimum atomic E-state index is 0.0752. The SMILES string of the molecule is CC(Cc1ccc2c(c1)CCO2)NC(=O)Cc1ccc(SC(C)C)cc1. The van der Waals surface area contributed by atoms with E-state index in [0.717, 1.165) is 30.8 Å². The van der Waals surface area contributed by atoms with Crippen molar-refractivity contribution in [1.82, 2.24) is 5.32 Å². The highest BCUT2D eigenvalue weighted by Gasteiger charge is 2.14. The van der Waals surface area contributed by atoms with Crippen molar-refractivity contribution in [3.05, 3.63) is 59.2 Å². The fourth-order valence-electron chi connectivity index (χ4n) is 3.24. The molecule has 0 spiro atoms. The summed E-state index contributed by atoms with van der Waals surface area (Å²) in [5.41, 5.74) is 3.58. The molecule has 1 atom stereocenters. The molecule has 3 nitrogen and oxygen atoms in total. The number of carbonyl (C=O) groups excluding carboxylic acids is 1. The summed E-state index contributed by atoms with van der Waals surface area (Å²) in [6.07, 6.45) is 2.24. The van der Waals surface area contributed by atoms with Crippen LogP contribution in [0.1, 0.15) is 37.5 Å². The van der Waals surface area contributed by atoms with Gasteiger partial charge in [0.1, 0.15) is 5.75 Å². The number of fused-ring (bicyclic) bond motifs is 1. The minimum Gasteiger partial charge on any atom is -0.493 e. The van der Waals surface area contributed by atoms with Crippen molar-refractivity contribution in [3.8, 4) is 5.75 Å². The van der Waals surface area contributed by atoms with Gasteiger partial charge in [-0.2, -0.15) is 0 Å². The maximum Gasteiger partial charge on any atom is 0.224 e. The van der Waals surface area contributed by atoms with Crippen molar-refractivity contribution in [2.45, 2.75) is 56.2 Å². The van der Waals surface area contributed by atoms with E-state index >= 15 is 0 Å². The van der Waals surface area contributed by atoms with Crippen molar-refractivity contribution in [3.63, 3.8) is 0 Å². The van der Waals surface area contributed by atoms with Gasteiger partial charge in [0.2, 0.25) is 5.91 Å². The Labute approximate surface area is 160 Å². The topological polar surface area (TPSA) is 38.3 Å². The van der Waals surface area contributed by atoms with Gasteiger partial charge < -0.3 is 10.1 Å². The largest absolute Gasteiger partial charge is 0.493 e. The average Bonchev–Trinajstić information content (AvgIpc) is 3.03. The lowest BCUT2D eigenvalue weighted by Gasteiger charge is -2.15. The average molecular weight is 370 g/mol. The van der Waals surface area contributed by atoms with Crippen LogP contribution in [0.3, 0.4) is 0 Å². The highest BCUT2D eigenvalue weighted by atomic mass is 32.2. The van der Waals surface area contributed by atoms with Crippen LogP contribution in [0.4, 0.5) is 0 Å². The molecule has 0 saturated heterocycles. The number of hydrogen-bond donors (Lipinski definition) is 1. The predicted octanol–water partition coefficient (Wildman–Crippen LogP) is 4.41. The van der Waals surface area contributed by atoms with Crippen molar-refractivity contribution < 1.29 is 9.53 Å². The number of benzene rings is 2. The van der Waals surface area contributed by atoms with Gasteiger partial charge in [-0.25, -0.2) is 0 Å². The van der Waals surface area contributed by atoms with Crippen LogP contribution in [-0.4, -0.2) is 23.8 Å². The van der Waals surface area contributed by atoms with Crippen LogP contribution in [0, 0.1) is 0 Å². The summed E-state index contributed by atoms with van der Waals surface area (Å²) < 4.78 is 5.55. The molecular formula is C22H27NO2S. The van der Waals surface area contributed by atoms with Crippen LogP contribution in [0.25, 0.3) is 0 Å².